The third kappa shape index (κ3) is 4.29. The van der Waals surface area contributed by atoms with Gasteiger partial charge in [-0.3, -0.25) is 0 Å². The van der Waals surface area contributed by atoms with Gasteiger partial charge < -0.3 is 10.1 Å². The zero-order valence-corrected chi connectivity index (χ0v) is 15.7. The van der Waals surface area contributed by atoms with Crippen molar-refractivity contribution in [3.63, 3.8) is 0 Å². The normalized spacial score (nSPS) is 15.5. The molecule has 138 valence electrons. The van der Waals surface area contributed by atoms with Crippen LogP contribution in [-0.2, 0) is 18.5 Å². The number of nitrogens with one attached hydrogen (secondary N) is 1. The Kier molecular flexibility index (Phi) is 5.70. The summed E-state index contributed by atoms with van der Waals surface area (Å²) in [6.07, 6.45) is 4.90. The monoisotopic (exact) mass is 359 g/mol. The molecule has 0 amide bonds. The van der Waals surface area contributed by atoms with Gasteiger partial charge in [-0.05, 0) is 44.0 Å². The zero-order chi connectivity index (χ0) is 18.7. The molecular formula is C18H25B2F2N3O. The van der Waals surface area contributed by atoms with E-state index >= 15 is 0 Å². The van der Waals surface area contributed by atoms with E-state index in [1.807, 2.05) is 17.8 Å². The third-order valence-electron chi connectivity index (χ3n) is 4.99. The summed E-state index contributed by atoms with van der Waals surface area (Å²) in [5.41, 5.74) is 1.07. The van der Waals surface area contributed by atoms with Crippen LogP contribution >= 0.6 is 0 Å². The van der Waals surface area contributed by atoms with Gasteiger partial charge in [0.1, 0.15) is 11.6 Å². The smallest absolute Gasteiger partial charge is 0.211 e. The predicted molar refractivity (Wildman–Crippen MR) is 103 cm³/mol. The topological polar surface area (TPSA) is 39.1 Å². The lowest BCUT2D eigenvalue weighted by molar-refractivity contribution is 0.207. The van der Waals surface area contributed by atoms with E-state index in [2.05, 4.69) is 10.4 Å². The summed E-state index contributed by atoms with van der Waals surface area (Å²) >= 11 is 0. The largest absolute Gasteiger partial charge is 0.486 e. The van der Waals surface area contributed by atoms with Crippen LogP contribution in [0.25, 0.3) is 0 Å². The van der Waals surface area contributed by atoms with Crippen LogP contribution in [0.15, 0.2) is 24.3 Å². The summed E-state index contributed by atoms with van der Waals surface area (Å²) in [7, 11) is 5.35. The van der Waals surface area contributed by atoms with E-state index in [0.29, 0.717) is 18.3 Å². The number of hydrogen-bond acceptors (Lipinski definition) is 3. The van der Waals surface area contributed by atoms with Crippen molar-refractivity contribution in [1.29, 1.82) is 0 Å². The van der Waals surface area contributed by atoms with Gasteiger partial charge in [0.2, 0.25) is 5.88 Å². The molecule has 0 atom stereocenters. The minimum atomic E-state index is -1.02. The molecule has 1 aromatic heterocycles. The van der Waals surface area contributed by atoms with Gasteiger partial charge in [0.15, 0.2) is 15.7 Å². The van der Waals surface area contributed by atoms with Crippen molar-refractivity contribution >= 4 is 15.7 Å². The number of aromatic nitrogens is 2. The molecule has 1 saturated carbocycles. The fraction of sp³-hybridized carbons (Fsp3) is 0.500. The molecule has 0 saturated heterocycles. The van der Waals surface area contributed by atoms with Crippen LogP contribution in [0.1, 0.15) is 36.9 Å². The van der Waals surface area contributed by atoms with Crippen molar-refractivity contribution in [2.24, 2.45) is 5.92 Å². The maximum absolute atomic E-state index is 14.2. The number of nitrogens with zero attached hydrogens (tertiary/aromatic N) is 2. The van der Waals surface area contributed by atoms with Gasteiger partial charge in [0, 0.05) is 24.7 Å². The molecule has 3 rings (SSSR count). The van der Waals surface area contributed by atoms with E-state index in [1.54, 1.807) is 15.7 Å². The molecule has 1 heterocycles. The lowest BCUT2D eigenvalue weighted by Gasteiger charge is -2.28. The molecule has 4 nitrogen and oxygen atoms in total. The van der Waals surface area contributed by atoms with Gasteiger partial charge in [-0.1, -0.05) is 12.8 Å². The van der Waals surface area contributed by atoms with Gasteiger partial charge in [-0.2, -0.15) is 5.10 Å². The Balaban J connectivity index is 1.87. The number of halogens is 2. The van der Waals surface area contributed by atoms with Crippen LogP contribution in [0.5, 0.6) is 5.88 Å². The molecule has 1 aliphatic rings. The molecule has 0 aliphatic heterocycles. The number of ether oxygens (including phenoxy) is 1. The summed E-state index contributed by atoms with van der Waals surface area (Å²) < 4.78 is 35.9. The Hall–Kier alpha value is -1.82. The van der Waals surface area contributed by atoms with Crippen molar-refractivity contribution in [3.8, 4) is 5.88 Å². The van der Waals surface area contributed by atoms with Crippen LogP contribution in [-0.4, -0.2) is 32.5 Å². The van der Waals surface area contributed by atoms with Crippen molar-refractivity contribution in [2.75, 3.05) is 7.05 Å². The van der Waals surface area contributed by atoms with Crippen molar-refractivity contribution in [3.05, 3.63) is 47.2 Å². The molecule has 0 bridgehead atoms. The second kappa shape index (κ2) is 7.82. The molecule has 1 aromatic carbocycles. The van der Waals surface area contributed by atoms with Crippen LogP contribution < -0.4 is 10.1 Å². The summed E-state index contributed by atoms with van der Waals surface area (Å²) in [6, 6.07) is 5.33. The average molecular weight is 359 g/mol. The van der Waals surface area contributed by atoms with E-state index in [4.69, 9.17) is 4.74 Å². The molecule has 0 spiro atoms. The van der Waals surface area contributed by atoms with Gasteiger partial charge >= 0.3 is 0 Å². The lowest BCUT2D eigenvalue weighted by atomic mass is 9.61. The number of hydrogen-bond donors (Lipinski definition) is 1. The highest BCUT2D eigenvalue weighted by atomic mass is 19.1. The van der Waals surface area contributed by atoms with E-state index < -0.39 is 17.0 Å². The first kappa shape index (κ1) is 19.0. The number of benzene rings is 1. The molecule has 2 aromatic rings. The molecular weight excluding hydrogens is 334 g/mol. The second-order valence-corrected chi connectivity index (χ2v) is 7.57. The summed E-state index contributed by atoms with van der Waals surface area (Å²) in [5, 5.41) is 6.71. The summed E-state index contributed by atoms with van der Waals surface area (Å²) in [6.45, 7) is 1.42. The maximum atomic E-state index is 14.2. The minimum Gasteiger partial charge on any atom is -0.486 e. The van der Waals surface area contributed by atoms with Crippen molar-refractivity contribution in [1.82, 2.24) is 15.1 Å². The Labute approximate surface area is 155 Å². The number of rotatable bonds is 7. The van der Waals surface area contributed by atoms with Gasteiger partial charge in [0.25, 0.3) is 0 Å². The first-order valence-corrected chi connectivity index (χ1v) is 9.25. The second-order valence-electron chi connectivity index (χ2n) is 7.57. The first-order valence-electron chi connectivity index (χ1n) is 9.25. The first-order chi connectivity index (χ1) is 12.4. The fourth-order valence-electron chi connectivity index (χ4n) is 3.64. The van der Waals surface area contributed by atoms with E-state index in [1.165, 1.54) is 31.7 Å². The van der Waals surface area contributed by atoms with Gasteiger partial charge in [-0.25, -0.2) is 13.5 Å². The predicted octanol–water partition coefficient (Wildman–Crippen LogP) is 1.53. The zero-order valence-electron chi connectivity index (χ0n) is 15.7. The Morgan fingerprint density at radius 3 is 2.69 bits per heavy atom. The Bertz CT molecular complexity index is 761. The van der Waals surface area contributed by atoms with E-state index in [-0.39, 0.29) is 5.56 Å². The highest BCUT2D eigenvalue weighted by molar-refractivity contribution is 6.39. The highest BCUT2D eigenvalue weighted by Gasteiger charge is 2.29. The quantitative estimate of drug-likeness (QED) is 0.763. The Morgan fingerprint density at radius 2 is 2.00 bits per heavy atom. The standard InChI is InChI=1S/C18H25B2F2N3O/c1-23-10-14-9-17(25(24-14)11-12-4-2-3-5-12)26-18(19,20)15-8-13(21)6-7-16(15)22/h6-9,12,23H,2-5,10-11,19-20H2,1H3. The molecule has 0 unspecified atom stereocenters. The molecule has 8 heteroatoms. The van der Waals surface area contributed by atoms with Crippen LogP contribution in [0.3, 0.4) is 0 Å². The minimum absolute atomic E-state index is 0.196. The summed E-state index contributed by atoms with van der Waals surface area (Å²) in [5.74, 6) is 0.228. The lowest BCUT2D eigenvalue weighted by Crippen LogP contribution is -2.36. The van der Waals surface area contributed by atoms with Gasteiger partial charge in [0.05, 0.1) is 11.1 Å². The Morgan fingerprint density at radius 1 is 1.27 bits per heavy atom. The SMILES string of the molecule is BC(B)(Oc1cc(CNC)nn1CC1CCCC1)c1cc(F)ccc1F. The van der Waals surface area contributed by atoms with Crippen LogP contribution in [0.2, 0.25) is 0 Å². The van der Waals surface area contributed by atoms with Crippen LogP contribution in [0, 0.1) is 17.6 Å². The third-order valence-corrected chi connectivity index (χ3v) is 4.99. The van der Waals surface area contributed by atoms with Crippen LogP contribution in [0.4, 0.5) is 8.78 Å². The summed E-state index contributed by atoms with van der Waals surface area (Å²) in [4.78, 5) is 0. The van der Waals surface area contributed by atoms with Gasteiger partial charge in [-0.15, -0.1) is 0 Å². The van der Waals surface area contributed by atoms with E-state index in [0.717, 1.165) is 24.4 Å². The fourth-order valence-corrected chi connectivity index (χ4v) is 3.64. The highest BCUT2D eigenvalue weighted by Crippen LogP contribution is 2.30. The van der Waals surface area contributed by atoms with Crippen molar-refractivity contribution < 1.29 is 13.5 Å². The molecule has 1 N–H and O–H groups in total. The van der Waals surface area contributed by atoms with Crippen molar-refractivity contribution in [2.45, 2.75) is 44.2 Å². The molecule has 0 radical (unpaired) electrons. The van der Waals surface area contributed by atoms with E-state index in [9.17, 15) is 8.78 Å². The molecule has 26 heavy (non-hydrogen) atoms. The molecule has 1 fully saturated rings. The maximum Gasteiger partial charge on any atom is 0.211 e. The average Bonchev–Trinajstić information content (AvgIpc) is 3.21. The molecule has 1 aliphatic carbocycles.